The van der Waals surface area contributed by atoms with Gasteiger partial charge in [-0.3, -0.25) is 10.1 Å². The minimum Gasteiger partial charge on any atom is -0.462 e. The molecule has 21 heavy (non-hydrogen) atoms. The van der Waals surface area contributed by atoms with Crippen molar-refractivity contribution in [2.45, 2.75) is 6.92 Å². The highest BCUT2D eigenvalue weighted by Crippen LogP contribution is 2.27. The van der Waals surface area contributed by atoms with E-state index >= 15 is 0 Å². The molecule has 0 aliphatic carbocycles. The topological polar surface area (TPSA) is 126 Å². The number of nitro groups is 1. The Morgan fingerprint density at radius 3 is 2.90 bits per heavy atom. The summed E-state index contributed by atoms with van der Waals surface area (Å²) in [5.74, 6) is -0.747. The van der Waals surface area contributed by atoms with E-state index in [1.165, 1.54) is 12.3 Å². The van der Waals surface area contributed by atoms with Gasteiger partial charge in [-0.25, -0.2) is 14.5 Å². The fourth-order valence-corrected chi connectivity index (χ4v) is 1.79. The van der Waals surface area contributed by atoms with Gasteiger partial charge in [0, 0.05) is 6.07 Å². The van der Waals surface area contributed by atoms with E-state index in [0.717, 1.165) is 10.9 Å². The largest absolute Gasteiger partial charge is 0.462 e. The van der Waals surface area contributed by atoms with Gasteiger partial charge in [0.25, 0.3) is 0 Å². The molecule has 110 valence electrons. The van der Waals surface area contributed by atoms with Gasteiger partial charge in [0.2, 0.25) is 0 Å². The molecule has 0 spiro atoms. The molecule has 2 rings (SSSR count). The molecule has 0 radical (unpaired) electrons. The molecule has 0 aliphatic heterocycles. The molecule has 9 nitrogen and oxygen atoms in total. The van der Waals surface area contributed by atoms with Gasteiger partial charge in [0.15, 0.2) is 0 Å². The number of pyridine rings is 1. The van der Waals surface area contributed by atoms with Crippen LogP contribution >= 0.6 is 11.6 Å². The van der Waals surface area contributed by atoms with Gasteiger partial charge in [-0.05, 0) is 6.92 Å². The predicted molar refractivity (Wildman–Crippen MR) is 73.4 cm³/mol. The van der Waals surface area contributed by atoms with Crippen LogP contribution in [0.5, 0.6) is 0 Å². The molecule has 0 fully saturated rings. The van der Waals surface area contributed by atoms with Crippen LogP contribution in [0.1, 0.15) is 17.3 Å². The summed E-state index contributed by atoms with van der Waals surface area (Å²) in [7, 11) is 0. The van der Waals surface area contributed by atoms with Crippen molar-refractivity contribution in [3.05, 3.63) is 39.3 Å². The maximum absolute atomic E-state index is 11.7. The molecule has 10 heteroatoms. The zero-order valence-electron chi connectivity index (χ0n) is 10.8. The fraction of sp³-hybridized carbons (Fsp3) is 0.182. The van der Waals surface area contributed by atoms with Gasteiger partial charge >= 0.3 is 11.7 Å². The number of nitrogens with two attached hydrogens (primary N) is 1. The van der Waals surface area contributed by atoms with Crippen LogP contribution in [-0.2, 0) is 4.74 Å². The third kappa shape index (κ3) is 2.77. The van der Waals surface area contributed by atoms with E-state index in [-0.39, 0.29) is 34.5 Å². The first-order chi connectivity index (χ1) is 9.95. The van der Waals surface area contributed by atoms with E-state index in [0.29, 0.717) is 0 Å². The quantitative estimate of drug-likeness (QED) is 0.393. The van der Waals surface area contributed by atoms with Crippen LogP contribution in [0.3, 0.4) is 0 Å². The average Bonchev–Trinajstić information content (AvgIpc) is 2.80. The maximum Gasteiger partial charge on any atom is 0.343 e. The molecule has 0 aliphatic rings. The number of rotatable bonds is 4. The van der Waals surface area contributed by atoms with Crippen molar-refractivity contribution in [1.29, 1.82) is 0 Å². The Morgan fingerprint density at radius 1 is 1.57 bits per heavy atom. The van der Waals surface area contributed by atoms with Crippen LogP contribution in [0.4, 0.5) is 11.5 Å². The molecule has 0 atom stereocenters. The van der Waals surface area contributed by atoms with E-state index in [4.69, 9.17) is 22.1 Å². The molecular formula is C11H10ClN5O4. The summed E-state index contributed by atoms with van der Waals surface area (Å²) in [6.07, 6.45) is 2.16. The summed E-state index contributed by atoms with van der Waals surface area (Å²) in [5.41, 5.74) is 5.48. The summed E-state index contributed by atoms with van der Waals surface area (Å²) in [4.78, 5) is 25.7. The van der Waals surface area contributed by atoms with Crippen molar-refractivity contribution in [2.24, 2.45) is 0 Å². The molecule has 0 aromatic carbocycles. The highest BCUT2D eigenvalue weighted by Gasteiger charge is 2.23. The second-order valence-electron chi connectivity index (χ2n) is 3.83. The number of esters is 1. The van der Waals surface area contributed by atoms with Gasteiger partial charge < -0.3 is 10.5 Å². The lowest BCUT2D eigenvalue weighted by Gasteiger charge is -2.06. The fourth-order valence-electron chi connectivity index (χ4n) is 1.64. The monoisotopic (exact) mass is 311 g/mol. The van der Waals surface area contributed by atoms with Crippen molar-refractivity contribution in [3.8, 4) is 5.69 Å². The molecule has 2 heterocycles. The number of carbonyl (C=O) groups is 1. The number of nitrogens with zero attached hydrogens (tertiary/aromatic N) is 4. The van der Waals surface area contributed by atoms with Crippen LogP contribution in [0.15, 0.2) is 18.5 Å². The number of nitrogen functional groups attached to an aromatic ring is 1. The third-order valence-electron chi connectivity index (χ3n) is 2.56. The standard InChI is InChI=1S/C11H10ClN5O4/c1-2-21-11(18)6-4-15-16(10(6)13)7-3-9(12)14-5-8(7)17(19)20/h3-5H,2,13H2,1H3. The van der Waals surface area contributed by atoms with E-state index in [1.807, 2.05) is 0 Å². The van der Waals surface area contributed by atoms with Gasteiger partial charge in [0.1, 0.15) is 28.4 Å². The number of anilines is 1. The molecule has 2 aromatic heterocycles. The SMILES string of the molecule is CCOC(=O)c1cnn(-c2cc(Cl)ncc2[N+](=O)[O-])c1N. The van der Waals surface area contributed by atoms with Crippen LogP contribution in [0, 0.1) is 10.1 Å². The van der Waals surface area contributed by atoms with Crippen LogP contribution in [-0.4, -0.2) is 32.3 Å². The predicted octanol–water partition coefficient (Wildman–Crippen LogP) is 1.59. The number of aromatic nitrogens is 3. The Morgan fingerprint density at radius 2 is 2.29 bits per heavy atom. The second kappa shape index (κ2) is 5.75. The zero-order valence-corrected chi connectivity index (χ0v) is 11.6. The Labute approximate surface area is 123 Å². The Hall–Kier alpha value is -2.68. The average molecular weight is 312 g/mol. The minimum absolute atomic E-state index is 0.00745. The number of carbonyl (C=O) groups excluding carboxylic acids is 1. The lowest BCUT2D eigenvalue weighted by Crippen LogP contribution is -2.10. The summed E-state index contributed by atoms with van der Waals surface area (Å²) in [6, 6.07) is 1.23. The molecule has 0 bridgehead atoms. The normalized spacial score (nSPS) is 10.4. The molecular weight excluding hydrogens is 302 g/mol. The summed E-state index contributed by atoms with van der Waals surface area (Å²) < 4.78 is 5.85. The van der Waals surface area contributed by atoms with Crippen LogP contribution < -0.4 is 5.73 Å². The highest BCUT2D eigenvalue weighted by atomic mass is 35.5. The number of halogens is 1. The summed E-state index contributed by atoms with van der Waals surface area (Å²) in [5, 5.41) is 14.9. The second-order valence-corrected chi connectivity index (χ2v) is 4.22. The third-order valence-corrected chi connectivity index (χ3v) is 2.76. The smallest absolute Gasteiger partial charge is 0.343 e. The minimum atomic E-state index is -0.663. The number of hydrogen-bond acceptors (Lipinski definition) is 7. The molecule has 0 saturated carbocycles. The Kier molecular flexibility index (Phi) is 4.03. The van der Waals surface area contributed by atoms with Crippen molar-refractivity contribution in [2.75, 3.05) is 12.3 Å². The van der Waals surface area contributed by atoms with Crippen LogP contribution in [0.25, 0.3) is 5.69 Å². The molecule has 2 N–H and O–H groups in total. The lowest BCUT2D eigenvalue weighted by atomic mass is 10.3. The number of hydrogen-bond donors (Lipinski definition) is 1. The first-order valence-corrected chi connectivity index (χ1v) is 6.14. The lowest BCUT2D eigenvalue weighted by molar-refractivity contribution is -0.384. The first-order valence-electron chi connectivity index (χ1n) is 5.76. The molecule has 0 saturated heterocycles. The molecule has 0 amide bonds. The van der Waals surface area contributed by atoms with Crippen LogP contribution in [0.2, 0.25) is 5.15 Å². The van der Waals surface area contributed by atoms with Crippen molar-refractivity contribution < 1.29 is 14.5 Å². The number of ether oxygens (including phenoxy) is 1. The summed E-state index contributed by atoms with van der Waals surface area (Å²) >= 11 is 5.74. The van der Waals surface area contributed by atoms with E-state index in [1.54, 1.807) is 6.92 Å². The van der Waals surface area contributed by atoms with Gasteiger partial charge in [-0.1, -0.05) is 11.6 Å². The first kappa shape index (κ1) is 14.7. The molecule has 0 unspecified atom stereocenters. The Bertz CT molecular complexity index is 715. The van der Waals surface area contributed by atoms with Gasteiger partial charge in [-0.2, -0.15) is 5.10 Å². The van der Waals surface area contributed by atoms with E-state index < -0.39 is 10.9 Å². The zero-order chi connectivity index (χ0) is 15.6. The van der Waals surface area contributed by atoms with Crippen molar-refractivity contribution >= 4 is 29.1 Å². The maximum atomic E-state index is 11.7. The van der Waals surface area contributed by atoms with E-state index in [9.17, 15) is 14.9 Å². The Balaban J connectivity index is 2.56. The summed E-state index contributed by atoms with van der Waals surface area (Å²) in [6.45, 7) is 1.82. The van der Waals surface area contributed by atoms with Crippen molar-refractivity contribution in [3.63, 3.8) is 0 Å². The van der Waals surface area contributed by atoms with Crippen molar-refractivity contribution in [1.82, 2.24) is 14.8 Å². The molecule has 2 aromatic rings. The highest BCUT2D eigenvalue weighted by molar-refractivity contribution is 6.29. The van der Waals surface area contributed by atoms with Gasteiger partial charge in [-0.15, -0.1) is 0 Å². The van der Waals surface area contributed by atoms with E-state index in [2.05, 4.69) is 10.1 Å². The van der Waals surface area contributed by atoms with Gasteiger partial charge in [0.05, 0.1) is 17.7 Å².